The van der Waals surface area contributed by atoms with Crippen LogP contribution in [0.5, 0.6) is 0 Å². The number of aliphatic carboxylic acids is 1. The lowest BCUT2D eigenvalue weighted by Gasteiger charge is -2.32. The second-order valence-corrected chi connectivity index (χ2v) is 7.00. The summed E-state index contributed by atoms with van der Waals surface area (Å²) in [6.07, 6.45) is 3.65. The molecule has 1 saturated heterocycles. The van der Waals surface area contributed by atoms with Crippen LogP contribution in [0.2, 0.25) is 0 Å². The summed E-state index contributed by atoms with van der Waals surface area (Å²) in [6.45, 7) is 1.36. The Morgan fingerprint density at radius 2 is 1.95 bits per heavy atom. The Kier molecular flexibility index (Phi) is 3.10. The highest BCUT2D eigenvalue weighted by Crippen LogP contribution is 2.65. The van der Waals surface area contributed by atoms with Gasteiger partial charge in [-0.25, -0.2) is 4.79 Å². The van der Waals surface area contributed by atoms with Crippen molar-refractivity contribution in [3.63, 3.8) is 0 Å². The molecule has 5 atom stereocenters. The predicted octanol–water partition coefficient (Wildman–Crippen LogP) is 0.916. The van der Waals surface area contributed by atoms with Crippen molar-refractivity contribution in [2.75, 3.05) is 19.7 Å². The number of ether oxygens (including phenoxy) is 1. The highest BCUT2D eigenvalue weighted by molar-refractivity contribution is 5.75. The van der Waals surface area contributed by atoms with E-state index in [1.54, 1.807) is 4.90 Å². The van der Waals surface area contributed by atoms with E-state index in [1.807, 2.05) is 0 Å². The maximum absolute atomic E-state index is 12.4. The van der Waals surface area contributed by atoms with Crippen molar-refractivity contribution in [2.24, 2.45) is 23.7 Å². The average molecular weight is 294 g/mol. The molecule has 4 aliphatic rings. The van der Waals surface area contributed by atoms with Crippen molar-refractivity contribution < 1.29 is 19.4 Å². The van der Waals surface area contributed by atoms with E-state index >= 15 is 0 Å². The second-order valence-electron chi connectivity index (χ2n) is 7.00. The molecule has 4 rings (SSSR count). The predicted molar refractivity (Wildman–Crippen MR) is 73.7 cm³/mol. The Hall–Kier alpha value is -1.30. The molecule has 21 heavy (non-hydrogen) atoms. The van der Waals surface area contributed by atoms with Gasteiger partial charge in [-0.05, 0) is 42.9 Å². The van der Waals surface area contributed by atoms with Gasteiger partial charge in [-0.3, -0.25) is 4.79 Å². The number of morpholine rings is 1. The lowest BCUT2D eigenvalue weighted by Crippen LogP contribution is -2.51. The van der Waals surface area contributed by atoms with Crippen molar-refractivity contribution in [1.29, 1.82) is 0 Å². The number of rotatable bonds is 3. The first-order chi connectivity index (χ1) is 10.1. The van der Waals surface area contributed by atoms with Crippen LogP contribution in [0, 0.1) is 23.7 Å². The maximum Gasteiger partial charge on any atom is 0.317 e. The first-order valence-corrected chi connectivity index (χ1v) is 8.02. The fourth-order valence-electron chi connectivity index (χ4n) is 4.97. The van der Waals surface area contributed by atoms with Gasteiger partial charge in [0.05, 0.1) is 19.1 Å². The Morgan fingerprint density at radius 1 is 1.24 bits per heavy atom. The first kappa shape index (κ1) is 13.4. The molecule has 116 valence electrons. The molecule has 2 amide bonds. The molecule has 0 aromatic rings. The van der Waals surface area contributed by atoms with E-state index in [9.17, 15) is 9.59 Å². The van der Waals surface area contributed by atoms with Crippen molar-refractivity contribution in [1.82, 2.24) is 10.2 Å². The fourth-order valence-corrected chi connectivity index (χ4v) is 4.97. The molecule has 0 radical (unpaired) electrons. The third-order valence-corrected chi connectivity index (χ3v) is 5.85. The zero-order chi connectivity index (χ0) is 14.6. The highest BCUT2D eigenvalue weighted by atomic mass is 16.5. The maximum atomic E-state index is 12.4. The van der Waals surface area contributed by atoms with Crippen LogP contribution in [-0.4, -0.2) is 53.8 Å². The summed E-state index contributed by atoms with van der Waals surface area (Å²) in [7, 11) is 0. The van der Waals surface area contributed by atoms with Gasteiger partial charge in [0.25, 0.3) is 0 Å². The van der Waals surface area contributed by atoms with Crippen LogP contribution in [0.1, 0.15) is 25.7 Å². The summed E-state index contributed by atoms with van der Waals surface area (Å²) < 4.78 is 5.41. The minimum Gasteiger partial charge on any atom is -0.481 e. The van der Waals surface area contributed by atoms with Gasteiger partial charge in [-0.1, -0.05) is 0 Å². The van der Waals surface area contributed by atoms with Gasteiger partial charge < -0.3 is 20.1 Å². The Morgan fingerprint density at radius 3 is 2.62 bits per heavy atom. The SMILES string of the molecule is O=C(O)CC1CN(C(=O)NC2C3C4CCC(C4)C23)CCO1. The van der Waals surface area contributed by atoms with Crippen molar-refractivity contribution in [3.05, 3.63) is 0 Å². The van der Waals surface area contributed by atoms with Crippen LogP contribution in [0.3, 0.4) is 0 Å². The number of carbonyl (C=O) groups is 2. The topological polar surface area (TPSA) is 78.9 Å². The second kappa shape index (κ2) is 4.87. The van der Waals surface area contributed by atoms with Gasteiger partial charge in [-0.15, -0.1) is 0 Å². The number of hydrogen-bond acceptors (Lipinski definition) is 3. The minimum absolute atomic E-state index is 0.0347. The molecule has 1 aliphatic heterocycles. The number of amides is 2. The highest BCUT2D eigenvalue weighted by Gasteiger charge is 2.65. The molecular weight excluding hydrogens is 272 g/mol. The monoisotopic (exact) mass is 294 g/mol. The first-order valence-electron chi connectivity index (χ1n) is 8.02. The molecule has 5 unspecified atom stereocenters. The number of nitrogens with zero attached hydrogens (tertiary/aromatic N) is 1. The average Bonchev–Trinajstić information content (AvgIpc) is 2.83. The van der Waals surface area contributed by atoms with Gasteiger partial charge in [-0.2, -0.15) is 0 Å². The minimum atomic E-state index is -0.879. The Bertz CT molecular complexity index is 453. The van der Waals surface area contributed by atoms with Gasteiger partial charge >= 0.3 is 12.0 Å². The largest absolute Gasteiger partial charge is 0.481 e. The van der Waals surface area contributed by atoms with E-state index < -0.39 is 5.97 Å². The van der Waals surface area contributed by atoms with Crippen LogP contribution >= 0.6 is 0 Å². The van der Waals surface area contributed by atoms with Crippen LogP contribution in [0.15, 0.2) is 0 Å². The molecule has 3 saturated carbocycles. The quantitative estimate of drug-likeness (QED) is 0.811. The number of carbonyl (C=O) groups excluding carboxylic acids is 1. The van der Waals surface area contributed by atoms with E-state index in [4.69, 9.17) is 9.84 Å². The van der Waals surface area contributed by atoms with E-state index in [-0.39, 0.29) is 18.6 Å². The van der Waals surface area contributed by atoms with E-state index in [1.165, 1.54) is 19.3 Å². The van der Waals surface area contributed by atoms with E-state index in [0.717, 1.165) is 23.7 Å². The lowest BCUT2D eigenvalue weighted by atomic mass is 10.0. The molecule has 0 aromatic carbocycles. The summed E-state index contributed by atoms with van der Waals surface area (Å²) in [6, 6.07) is 0.344. The van der Waals surface area contributed by atoms with Gasteiger partial charge in [0, 0.05) is 19.1 Å². The molecular formula is C15H22N2O4. The number of urea groups is 1. The summed E-state index contributed by atoms with van der Waals surface area (Å²) in [5, 5.41) is 12.0. The van der Waals surface area contributed by atoms with Crippen LogP contribution in [0.4, 0.5) is 4.79 Å². The number of fused-ring (bicyclic) bond motifs is 5. The Labute approximate surface area is 123 Å². The zero-order valence-corrected chi connectivity index (χ0v) is 12.0. The smallest absolute Gasteiger partial charge is 0.317 e. The zero-order valence-electron chi connectivity index (χ0n) is 12.0. The summed E-state index contributed by atoms with van der Waals surface area (Å²) in [5.74, 6) is 2.26. The molecule has 0 spiro atoms. The number of carboxylic acids is 1. The standard InChI is InChI=1S/C15H22N2O4/c18-11(19)6-10-7-17(3-4-21-10)15(20)16-14-12-8-1-2-9(5-8)13(12)14/h8-10,12-14H,1-7H2,(H,16,20)(H,18,19). The number of nitrogens with one attached hydrogen (secondary N) is 1. The van der Waals surface area contributed by atoms with Crippen LogP contribution in [0.25, 0.3) is 0 Å². The molecule has 0 aromatic heterocycles. The number of carboxylic acid groups (broad SMARTS) is 1. The van der Waals surface area contributed by atoms with Crippen molar-refractivity contribution in [3.8, 4) is 0 Å². The summed E-state index contributed by atoms with van der Waals surface area (Å²) >= 11 is 0. The molecule has 6 heteroatoms. The third-order valence-electron chi connectivity index (χ3n) is 5.85. The Balaban J connectivity index is 1.30. The summed E-state index contributed by atoms with van der Waals surface area (Å²) in [4.78, 5) is 24.8. The van der Waals surface area contributed by atoms with Crippen LogP contribution < -0.4 is 5.32 Å². The van der Waals surface area contributed by atoms with E-state index in [0.29, 0.717) is 25.7 Å². The number of hydrogen-bond donors (Lipinski definition) is 2. The molecule has 1 heterocycles. The summed E-state index contributed by atoms with van der Waals surface area (Å²) in [5.41, 5.74) is 0. The van der Waals surface area contributed by atoms with Crippen molar-refractivity contribution >= 4 is 12.0 Å². The van der Waals surface area contributed by atoms with Gasteiger partial charge in [0.2, 0.25) is 0 Å². The van der Waals surface area contributed by atoms with Gasteiger partial charge in [0.15, 0.2) is 0 Å². The van der Waals surface area contributed by atoms with Crippen LogP contribution in [-0.2, 0) is 9.53 Å². The van der Waals surface area contributed by atoms with Crippen molar-refractivity contribution in [2.45, 2.75) is 37.8 Å². The molecule has 2 bridgehead atoms. The molecule has 4 fully saturated rings. The third kappa shape index (κ3) is 2.29. The molecule has 3 aliphatic carbocycles. The fraction of sp³-hybridized carbons (Fsp3) is 0.867. The molecule has 6 nitrogen and oxygen atoms in total. The molecule has 2 N–H and O–H groups in total. The normalized spacial score (nSPS) is 43.5. The van der Waals surface area contributed by atoms with Gasteiger partial charge in [0.1, 0.15) is 0 Å². The van der Waals surface area contributed by atoms with E-state index in [2.05, 4.69) is 5.32 Å². The lowest BCUT2D eigenvalue weighted by molar-refractivity contribution is -0.141.